The van der Waals surface area contributed by atoms with Crippen molar-refractivity contribution >= 4 is 21.8 Å². The Balaban J connectivity index is 3.40. The standard InChI is InChI=1S/C10H10FNO7S/c1-3-18-10(13)6-4-7(11)9(19-20(2,16)17)8(5-6)12(14)15/h4-5H,3H2,1-2H3. The van der Waals surface area contributed by atoms with Crippen molar-refractivity contribution in [1.82, 2.24) is 0 Å². The van der Waals surface area contributed by atoms with E-state index in [2.05, 4.69) is 8.92 Å². The van der Waals surface area contributed by atoms with Crippen LogP contribution in [0.2, 0.25) is 0 Å². The molecule has 0 heterocycles. The van der Waals surface area contributed by atoms with Crippen molar-refractivity contribution in [1.29, 1.82) is 0 Å². The van der Waals surface area contributed by atoms with E-state index in [1.807, 2.05) is 0 Å². The molecule has 20 heavy (non-hydrogen) atoms. The van der Waals surface area contributed by atoms with Crippen molar-refractivity contribution in [2.45, 2.75) is 6.92 Å². The molecule has 0 bridgehead atoms. The fourth-order valence-electron chi connectivity index (χ4n) is 1.28. The van der Waals surface area contributed by atoms with Crippen LogP contribution in [0.3, 0.4) is 0 Å². The van der Waals surface area contributed by atoms with Gasteiger partial charge in [-0.2, -0.15) is 8.42 Å². The number of esters is 1. The van der Waals surface area contributed by atoms with E-state index in [1.54, 1.807) is 0 Å². The first-order valence-electron chi connectivity index (χ1n) is 5.20. The quantitative estimate of drug-likeness (QED) is 0.348. The van der Waals surface area contributed by atoms with Crippen molar-refractivity contribution < 1.29 is 31.4 Å². The summed E-state index contributed by atoms with van der Waals surface area (Å²) in [5.74, 6) is -3.40. The second-order valence-electron chi connectivity index (χ2n) is 3.57. The Morgan fingerprint density at radius 3 is 2.50 bits per heavy atom. The lowest BCUT2D eigenvalue weighted by atomic mass is 10.2. The summed E-state index contributed by atoms with van der Waals surface area (Å²) < 4.78 is 44.4. The minimum atomic E-state index is -4.16. The molecule has 0 atom stereocenters. The van der Waals surface area contributed by atoms with Crippen LogP contribution in [0.4, 0.5) is 10.1 Å². The molecular formula is C10H10FNO7S. The molecule has 0 amide bonds. The van der Waals surface area contributed by atoms with E-state index in [9.17, 15) is 27.7 Å². The molecule has 0 saturated heterocycles. The first-order valence-corrected chi connectivity index (χ1v) is 7.02. The largest absolute Gasteiger partial charge is 0.462 e. The lowest BCUT2D eigenvalue weighted by Crippen LogP contribution is -2.11. The monoisotopic (exact) mass is 307 g/mol. The fraction of sp³-hybridized carbons (Fsp3) is 0.300. The molecule has 110 valence electrons. The SMILES string of the molecule is CCOC(=O)c1cc(F)c(OS(C)(=O)=O)c([N+](=O)[O-])c1. The molecule has 0 unspecified atom stereocenters. The van der Waals surface area contributed by atoms with Gasteiger partial charge in [-0.1, -0.05) is 0 Å². The molecule has 0 radical (unpaired) electrons. The van der Waals surface area contributed by atoms with Gasteiger partial charge in [-0.3, -0.25) is 10.1 Å². The number of ether oxygens (including phenoxy) is 1. The molecule has 10 heteroatoms. The number of carbonyl (C=O) groups excluding carboxylic acids is 1. The first kappa shape index (κ1) is 15.8. The average molecular weight is 307 g/mol. The summed E-state index contributed by atoms with van der Waals surface area (Å²) >= 11 is 0. The molecular weight excluding hydrogens is 297 g/mol. The Labute approximate surface area is 113 Å². The Kier molecular flexibility index (Phi) is 4.61. The summed E-state index contributed by atoms with van der Waals surface area (Å²) in [6.45, 7) is 1.50. The van der Waals surface area contributed by atoms with E-state index in [0.717, 1.165) is 0 Å². The van der Waals surface area contributed by atoms with E-state index in [1.165, 1.54) is 6.92 Å². The highest BCUT2D eigenvalue weighted by molar-refractivity contribution is 7.86. The zero-order chi connectivity index (χ0) is 15.5. The van der Waals surface area contributed by atoms with Crippen LogP contribution in [0.5, 0.6) is 5.75 Å². The number of nitrogens with zero attached hydrogens (tertiary/aromatic N) is 1. The molecule has 0 aliphatic carbocycles. The summed E-state index contributed by atoms with van der Waals surface area (Å²) in [7, 11) is -4.16. The van der Waals surface area contributed by atoms with Crippen LogP contribution < -0.4 is 4.18 Å². The Morgan fingerprint density at radius 2 is 2.05 bits per heavy atom. The number of hydrogen-bond donors (Lipinski definition) is 0. The van der Waals surface area contributed by atoms with Gasteiger partial charge in [-0.25, -0.2) is 9.18 Å². The number of rotatable bonds is 5. The van der Waals surface area contributed by atoms with Crippen LogP contribution in [0.25, 0.3) is 0 Å². The van der Waals surface area contributed by atoms with E-state index in [-0.39, 0.29) is 6.61 Å². The average Bonchev–Trinajstić information content (AvgIpc) is 2.29. The van der Waals surface area contributed by atoms with Gasteiger partial charge in [0.05, 0.1) is 23.3 Å². The molecule has 0 aliphatic heterocycles. The second kappa shape index (κ2) is 5.82. The van der Waals surface area contributed by atoms with Gasteiger partial charge in [-0.05, 0) is 13.0 Å². The highest BCUT2D eigenvalue weighted by atomic mass is 32.2. The van der Waals surface area contributed by atoms with Crippen LogP contribution in [-0.4, -0.2) is 32.2 Å². The summed E-state index contributed by atoms with van der Waals surface area (Å²) in [6, 6.07) is 1.28. The molecule has 0 spiro atoms. The normalized spacial score (nSPS) is 10.9. The second-order valence-corrected chi connectivity index (χ2v) is 5.15. The summed E-state index contributed by atoms with van der Waals surface area (Å²) in [6.07, 6.45) is 0.607. The molecule has 0 saturated carbocycles. The number of nitro benzene ring substituents is 1. The van der Waals surface area contributed by atoms with Gasteiger partial charge in [0.25, 0.3) is 5.75 Å². The molecule has 1 aromatic rings. The third kappa shape index (κ3) is 3.88. The van der Waals surface area contributed by atoms with Gasteiger partial charge >= 0.3 is 21.8 Å². The van der Waals surface area contributed by atoms with Gasteiger partial charge in [-0.15, -0.1) is 0 Å². The Bertz CT molecular complexity index is 656. The lowest BCUT2D eigenvalue weighted by Gasteiger charge is -2.07. The van der Waals surface area contributed by atoms with Crippen molar-refractivity contribution in [3.8, 4) is 5.75 Å². The maximum Gasteiger partial charge on any atom is 0.338 e. The number of halogens is 1. The van der Waals surface area contributed by atoms with Gasteiger partial charge < -0.3 is 8.92 Å². The predicted octanol–water partition coefficient (Wildman–Crippen LogP) is 1.25. The Morgan fingerprint density at radius 1 is 1.45 bits per heavy atom. The fourth-order valence-corrected chi connectivity index (χ4v) is 1.75. The van der Waals surface area contributed by atoms with Crippen molar-refractivity contribution in [3.05, 3.63) is 33.6 Å². The topological polar surface area (TPSA) is 113 Å². The van der Waals surface area contributed by atoms with E-state index < -0.39 is 43.8 Å². The molecule has 1 rings (SSSR count). The smallest absolute Gasteiger partial charge is 0.338 e. The lowest BCUT2D eigenvalue weighted by molar-refractivity contribution is -0.385. The van der Waals surface area contributed by atoms with Gasteiger partial charge in [0, 0.05) is 6.07 Å². The highest BCUT2D eigenvalue weighted by Gasteiger charge is 2.27. The maximum absolute atomic E-state index is 13.7. The summed E-state index contributed by atoms with van der Waals surface area (Å²) in [4.78, 5) is 21.1. The van der Waals surface area contributed by atoms with Crippen LogP contribution in [0, 0.1) is 15.9 Å². The third-order valence-corrected chi connectivity index (χ3v) is 2.44. The number of nitro groups is 1. The zero-order valence-corrected chi connectivity index (χ0v) is 11.3. The summed E-state index contributed by atoms with van der Waals surface area (Å²) in [5, 5.41) is 10.8. The van der Waals surface area contributed by atoms with Gasteiger partial charge in [0.1, 0.15) is 0 Å². The van der Waals surface area contributed by atoms with E-state index >= 15 is 0 Å². The van der Waals surface area contributed by atoms with Crippen molar-refractivity contribution in [3.63, 3.8) is 0 Å². The van der Waals surface area contributed by atoms with Gasteiger partial charge in [0.15, 0.2) is 5.82 Å². The van der Waals surface area contributed by atoms with Crippen LogP contribution in [-0.2, 0) is 14.9 Å². The van der Waals surface area contributed by atoms with Crippen LogP contribution in [0.1, 0.15) is 17.3 Å². The third-order valence-electron chi connectivity index (χ3n) is 1.97. The number of hydrogen-bond acceptors (Lipinski definition) is 7. The molecule has 0 N–H and O–H groups in total. The molecule has 1 aromatic carbocycles. The van der Waals surface area contributed by atoms with Gasteiger partial charge in [0.2, 0.25) is 0 Å². The van der Waals surface area contributed by atoms with E-state index in [4.69, 9.17) is 0 Å². The number of benzene rings is 1. The van der Waals surface area contributed by atoms with E-state index in [0.29, 0.717) is 18.4 Å². The van der Waals surface area contributed by atoms with Crippen molar-refractivity contribution in [2.24, 2.45) is 0 Å². The molecule has 0 aromatic heterocycles. The molecule has 0 fully saturated rings. The van der Waals surface area contributed by atoms with Crippen LogP contribution >= 0.6 is 0 Å². The zero-order valence-electron chi connectivity index (χ0n) is 10.5. The van der Waals surface area contributed by atoms with Crippen LogP contribution in [0.15, 0.2) is 12.1 Å². The number of carbonyl (C=O) groups is 1. The first-order chi connectivity index (χ1) is 9.15. The summed E-state index contributed by atoms with van der Waals surface area (Å²) in [5.41, 5.74) is -1.41. The predicted molar refractivity (Wildman–Crippen MR) is 64.5 cm³/mol. The minimum absolute atomic E-state index is 0.00413. The Hall–Kier alpha value is -2.23. The van der Waals surface area contributed by atoms with Crippen molar-refractivity contribution in [2.75, 3.05) is 12.9 Å². The minimum Gasteiger partial charge on any atom is -0.462 e. The molecule has 0 aliphatic rings. The molecule has 8 nitrogen and oxygen atoms in total. The maximum atomic E-state index is 13.7. The highest BCUT2D eigenvalue weighted by Crippen LogP contribution is 2.32.